The molecule has 1 aromatic heterocycles. The topological polar surface area (TPSA) is 79.3 Å². The molecule has 0 saturated heterocycles. The van der Waals surface area contributed by atoms with E-state index in [9.17, 15) is 14.7 Å². The molecule has 0 aliphatic heterocycles. The van der Waals surface area contributed by atoms with E-state index >= 15 is 0 Å². The highest BCUT2D eigenvalue weighted by Gasteiger charge is 2.34. The Labute approximate surface area is 117 Å². The van der Waals surface area contributed by atoms with Crippen molar-refractivity contribution in [2.45, 2.75) is 25.8 Å². The fourth-order valence-corrected chi connectivity index (χ4v) is 2.41. The highest BCUT2D eigenvalue weighted by molar-refractivity contribution is 5.85. The second-order valence-electron chi connectivity index (χ2n) is 5.01. The van der Waals surface area contributed by atoms with Gasteiger partial charge in [-0.2, -0.15) is 0 Å². The van der Waals surface area contributed by atoms with Gasteiger partial charge >= 0.3 is 5.97 Å². The number of nitrogens with one attached hydrogen (secondary N) is 1. The molecular formula is C15H18N2O3. The minimum Gasteiger partial charge on any atom is -0.481 e. The Morgan fingerprint density at radius 2 is 2.05 bits per heavy atom. The summed E-state index contributed by atoms with van der Waals surface area (Å²) in [6.07, 6.45) is 7.95. The number of carboxylic acid groups (broad SMARTS) is 1. The smallest absolute Gasteiger partial charge is 0.307 e. The summed E-state index contributed by atoms with van der Waals surface area (Å²) in [7, 11) is 0. The fourth-order valence-electron chi connectivity index (χ4n) is 2.41. The third-order valence-electron chi connectivity index (χ3n) is 3.63. The zero-order valence-electron chi connectivity index (χ0n) is 11.3. The molecule has 1 aliphatic rings. The third-order valence-corrected chi connectivity index (χ3v) is 3.63. The van der Waals surface area contributed by atoms with Crippen LogP contribution in [-0.2, 0) is 9.59 Å². The van der Waals surface area contributed by atoms with Gasteiger partial charge in [0.25, 0.3) is 0 Å². The molecule has 0 radical (unpaired) electrons. The third kappa shape index (κ3) is 3.23. The SMILES string of the molecule is C[C@H](NC(=O)[C@@H]1CC=CC[C@@H]1C(=O)O)c1cccnc1. The van der Waals surface area contributed by atoms with Crippen molar-refractivity contribution in [3.63, 3.8) is 0 Å². The van der Waals surface area contributed by atoms with Gasteiger partial charge in [-0.3, -0.25) is 14.6 Å². The van der Waals surface area contributed by atoms with Gasteiger partial charge in [-0.25, -0.2) is 0 Å². The van der Waals surface area contributed by atoms with Gasteiger partial charge < -0.3 is 10.4 Å². The number of hydrogen-bond donors (Lipinski definition) is 2. The summed E-state index contributed by atoms with van der Waals surface area (Å²) < 4.78 is 0. The first-order valence-corrected chi connectivity index (χ1v) is 6.67. The summed E-state index contributed by atoms with van der Waals surface area (Å²) in [5.41, 5.74) is 0.902. The molecule has 5 nitrogen and oxygen atoms in total. The van der Waals surface area contributed by atoms with E-state index < -0.39 is 17.8 Å². The molecule has 5 heteroatoms. The van der Waals surface area contributed by atoms with Crippen molar-refractivity contribution < 1.29 is 14.7 Å². The molecule has 0 bridgehead atoms. The number of rotatable bonds is 4. The number of hydrogen-bond acceptors (Lipinski definition) is 3. The van der Waals surface area contributed by atoms with Gasteiger partial charge in [-0.1, -0.05) is 18.2 Å². The van der Waals surface area contributed by atoms with Gasteiger partial charge in [-0.05, 0) is 31.4 Å². The molecule has 1 amide bonds. The predicted octanol–water partition coefficient (Wildman–Crippen LogP) is 1.93. The van der Waals surface area contributed by atoms with E-state index in [1.54, 1.807) is 18.5 Å². The van der Waals surface area contributed by atoms with E-state index in [1.807, 2.05) is 25.1 Å². The first-order chi connectivity index (χ1) is 9.59. The summed E-state index contributed by atoms with van der Waals surface area (Å²) in [5, 5.41) is 12.1. The summed E-state index contributed by atoms with van der Waals surface area (Å²) in [6.45, 7) is 1.86. The van der Waals surface area contributed by atoms with Crippen molar-refractivity contribution in [2.75, 3.05) is 0 Å². The molecule has 2 rings (SSSR count). The first-order valence-electron chi connectivity index (χ1n) is 6.67. The minimum absolute atomic E-state index is 0.184. The lowest BCUT2D eigenvalue weighted by Gasteiger charge is -2.26. The average Bonchev–Trinajstić information content (AvgIpc) is 2.48. The first kappa shape index (κ1) is 14.2. The average molecular weight is 274 g/mol. The number of carbonyl (C=O) groups excluding carboxylic acids is 1. The van der Waals surface area contributed by atoms with Gasteiger partial charge in [0, 0.05) is 12.4 Å². The molecule has 1 heterocycles. The van der Waals surface area contributed by atoms with Gasteiger partial charge in [0.05, 0.1) is 17.9 Å². The van der Waals surface area contributed by atoms with E-state index in [1.165, 1.54) is 0 Å². The van der Waals surface area contributed by atoms with Crippen LogP contribution in [0.3, 0.4) is 0 Å². The van der Waals surface area contributed by atoms with Gasteiger partial charge in [0.15, 0.2) is 0 Å². The number of aromatic nitrogens is 1. The van der Waals surface area contributed by atoms with Crippen molar-refractivity contribution in [1.82, 2.24) is 10.3 Å². The van der Waals surface area contributed by atoms with Crippen LogP contribution in [0.1, 0.15) is 31.4 Å². The lowest BCUT2D eigenvalue weighted by molar-refractivity contribution is -0.147. The number of aliphatic carboxylic acids is 1. The standard InChI is InChI=1S/C15H18N2O3/c1-10(11-5-4-8-16-9-11)17-14(18)12-6-2-3-7-13(12)15(19)20/h2-5,8-10,12-13H,6-7H2,1H3,(H,17,18)(H,19,20)/t10-,12+,13-/m0/s1. The van der Waals surface area contributed by atoms with Gasteiger partial charge in [0.1, 0.15) is 0 Å². The Kier molecular flexibility index (Phi) is 4.50. The molecule has 0 fully saturated rings. The number of amides is 1. The predicted molar refractivity (Wildman–Crippen MR) is 73.8 cm³/mol. The second kappa shape index (κ2) is 6.32. The molecular weight excluding hydrogens is 256 g/mol. The van der Waals surface area contributed by atoms with Crippen LogP contribution < -0.4 is 5.32 Å². The molecule has 0 aromatic carbocycles. The largest absolute Gasteiger partial charge is 0.481 e. The van der Waals surface area contributed by atoms with Crippen LogP contribution in [0.25, 0.3) is 0 Å². The number of carboxylic acids is 1. The molecule has 3 atom stereocenters. The van der Waals surface area contributed by atoms with E-state index in [-0.39, 0.29) is 11.9 Å². The quantitative estimate of drug-likeness (QED) is 0.822. The minimum atomic E-state index is -0.913. The molecule has 1 aromatic rings. The Balaban J connectivity index is 2.04. The number of nitrogens with zero attached hydrogens (tertiary/aromatic N) is 1. The zero-order chi connectivity index (χ0) is 14.5. The van der Waals surface area contributed by atoms with Crippen LogP contribution in [0, 0.1) is 11.8 Å². The Bertz CT molecular complexity index is 513. The van der Waals surface area contributed by atoms with Crippen LogP contribution in [-0.4, -0.2) is 22.0 Å². The Morgan fingerprint density at radius 3 is 2.65 bits per heavy atom. The normalized spacial score (nSPS) is 23.1. The molecule has 0 spiro atoms. The van der Waals surface area contributed by atoms with Crippen molar-refractivity contribution in [2.24, 2.45) is 11.8 Å². The van der Waals surface area contributed by atoms with Gasteiger partial charge in [-0.15, -0.1) is 0 Å². The number of pyridine rings is 1. The van der Waals surface area contributed by atoms with Crippen molar-refractivity contribution in [1.29, 1.82) is 0 Å². The van der Waals surface area contributed by atoms with Crippen molar-refractivity contribution >= 4 is 11.9 Å². The van der Waals surface area contributed by atoms with Crippen LogP contribution >= 0.6 is 0 Å². The maximum Gasteiger partial charge on any atom is 0.307 e. The van der Waals surface area contributed by atoms with E-state index in [2.05, 4.69) is 10.3 Å². The lowest BCUT2D eigenvalue weighted by atomic mass is 9.82. The van der Waals surface area contributed by atoms with E-state index in [0.29, 0.717) is 12.8 Å². The van der Waals surface area contributed by atoms with E-state index in [0.717, 1.165) is 5.56 Å². The molecule has 20 heavy (non-hydrogen) atoms. The van der Waals surface area contributed by atoms with Crippen LogP contribution in [0.2, 0.25) is 0 Å². The summed E-state index contributed by atoms with van der Waals surface area (Å²) >= 11 is 0. The molecule has 1 aliphatic carbocycles. The Hall–Kier alpha value is -2.17. The zero-order valence-corrected chi connectivity index (χ0v) is 11.3. The fraction of sp³-hybridized carbons (Fsp3) is 0.400. The maximum absolute atomic E-state index is 12.3. The van der Waals surface area contributed by atoms with Crippen molar-refractivity contribution in [3.8, 4) is 0 Å². The molecule has 0 saturated carbocycles. The monoisotopic (exact) mass is 274 g/mol. The van der Waals surface area contributed by atoms with Gasteiger partial charge in [0.2, 0.25) is 5.91 Å². The highest BCUT2D eigenvalue weighted by atomic mass is 16.4. The van der Waals surface area contributed by atoms with Crippen LogP contribution in [0.15, 0.2) is 36.7 Å². The van der Waals surface area contributed by atoms with Crippen LogP contribution in [0.4, 0.5) is 0 Å². The maximum atomic E-state index is 12.3. The molecule has 2 N–H and O–H groups in total. The van der Waals surface area contributed by atoms with Crippen LogP contribution in [0.5, 0.6) is 0 Å². The molecule has 0 unspecified atom stereocenters. The van der Waals surface area contributed by atoms with E-state index in [4.69, 9.17) is 0 Å². The Morgan fingerprint density at radius 1 is 1.35 bits per heavy atom. The van der Waals surface area contributed by atoms with Crippen molar-refractivity contribution in [3.05, 3.63) is 42.2 Å². The number of carbonyl (C=O) groups is 2. The lowest BCUT2D eigenvalue weighted by Crippen LogP contribution is -2.39. The number of allylic oxidation sites excluding steroid dienone is 2. The highest BCUT2D eigenvalue weighted by Crippen LogP contribution is 2.26. The summed E-state index contributed by atoms with van der Waals surface area (Å²) in [5.74, 6) is -2.26. The molecule has 106 valence electrons. The summed E-state index contributed by atoms with van der Waals surface area (Å²) in [6, 6.07) is 3.51. The summed E-state index contributed by atoms with van der Waals surface area (Å²) in [4.78, 5) is 27.5. The second-order valence-corrected chi connectivity index (χ2v) is 5.01.